The summed E-state index contributed by atoms with van der Waals surface area (Å²) >= 11 is 6.47. The highest BCUT2D eigenvalue weighted by Crippen LogP contribution is 2.18. The maximum atomic E-state index is 12.3. The van der Waals surface area contributed by atoms with Gasteiger partial charge in [-0.05, 0) is 26.1 Å². The number of rotatable bonds is 4. The van der Waals surface area contributed by atoms with Crippen LogP contribution >= 0.6 is 23.6 Å². The van der Waals surface area contributed by atoms with Crippen LogP contribution < -0.4 is 5.56 Å². The Labute approximate surface area is 119 Å². The fourth-order valence-electron chi connectivity index (χ4n) is 1.79. The Morgan fingerprint density at radius 1 is 1.63 bits per heavy atom. The van der Waals surface area contributed by atoms with Crippen molar-refractivity contribution in [3.05, 3.63) is 33.3 Å². The third-order valence-electron chi connectivity index (χ3n) is 2.51. The number of aliphatic hydroxyl groups is 1. The summed E-state index contributed by atoms with van der Waals surface area (Å²) in [5, 5.41) is 9.79. The Balaban J connectivity index is 2.64. The number of thiazole rings is 1. The average molecular weight is 297 g/mol. The molecule has 0 radical (unpaired) electrons. The van der Waals surface area contributed by atoms with Crippen LogP contribution in [0, 0.1) is 3.95 Å². The molecule has 0 bridgehead atoms. The third-order valence-corrected chi connectivity index (χ3v) is 3.94. The summed E-state index contributed by atoms with van der Waals surface area (Å²) < 4.78 is 4.29. The van der Waals surface area contributed by atoms with Crippen molar-refractivity contribution in [2.45, 2.75) is 32.5 Å². The summed E-state index contributed by atoms with van der Waals surface area (Å²) in [6.45, 7) is 7.68. The molecule has 19 heavy (non-hydrogen) atoms. The standard InChI is InChI=1S/C12H15N3O2S2/c1-4-5-15-9-8(19-11(15)18)10(16)14(7-13-9)6-12(2,3)17/h4,7,17H,1,5-6H2,2-3H3. The van der Waals surface area contributed by atoms with Gasteiger partial charge in [0.15, 0.2) is 9.60 Å². The summed E-state index contributed by atoms with van der Waals surface area (Å²) in [6.07, 6.45) is 3.16. The van der Waals surface area contributed by atoms with Gasteiger partial charge < -0.3 is 9.67 Å². The van der Waals surface area contributed by atoms with Crippen LogP contribution in [0.1, 0.15) is 13.8 Å². The normalized spacial score (nSPS) is 11.9. The van der Waals surface area contributed by atoms with Gasteiger partial charge in [-0.1, -0.05) is 17.4 Å². The van der Waals surface area contributed by atoms with Crippen molar-refractivity contribution in [1.82, 2.24) is 14.1 Å². The van der Waals surface area contributed by atoms with Gasteiger partial charge in [0.25, 0.3) is 5.56 Å². The van der Waals surface area contributed by atoms with E-state index in [1.54, 1.807) is 24.5 Å². The molecule has 2 heterocycles. The maximum absolute atomic E-state index is 12.3. The lowest BCUT2D eigenvalue weighted by atomic mass is 10.1. The zero-order valence-corrected chi connectivity index (χ0v) is 12.4. The molecular formula is C12H15N3O2S2. The van der Waals surface area contributed by atoms with Crippen LogP contribution in [0.2, 0.25) is 0 Å². The lowest BCUT2D eigenvalue weighted by Gasteiger charge is -2.17. The Hall–Kier alpha value is -1.31. The van der Waals surface area contributed by atoms with Crippen LogP contribution in [0.5, 0.6) is 0 Å². The molecule has 2 aromatic heterocycles. The zero-order valence-electron chi connectivity index (χ0n) is 10.8. The molecule has 0 aliphatic heterocycles. The molecular weight excluding hydrogens is 282 g/mol. The number of hydrogen-bond donors (Lipinski definition) is 1. The van der Waals surface area contributed by atoms with E-state index < -0.39 is 5.60 Å². The predicted octanol–water partition coefficient (Wildman–Crippen LogP) is 1.95. The van der Waals surface area contributed by atoms with E-state index in [9.17, 15) is 9.90 Å². The van der Waals surface area contributed by atoms with E-state index in [1.807, 2.05) is 0 Å². The minimum absolute atomic E-state index is 0.175. The van der Waals surface area contributed by atoms with E-state index in [2.05, 4.69) is 11.6 Å². The third kappa shape index (κ3) is 2.83. The molecule has 0 aliphatic rings. The fourth-order valence-corrected chi connectivity index (χ4v) is 3.11. The highest BCUT2D eigenvalue weighted by molar-refractivity contribution is 7.73. The van der Waals surface area contributed by atoms with Crippen LogP contribution in [0.3, 0.4) is 0 Å². The van der Waals surface area contributed by atoms with Gasteiger partial charge in [-0.3, -0.25) is 9.36 Å². The van der Waals surface area contributed by atoms with Crippen molar-refractivity contribution in [1.29, 1.82) is 0 Å². The van der Waals surface area contributed by atoms with Gasteiger partial charge >= 0.3 is 0 Å². The average Bonchev–Trinajstić information content (AvgIpc) is 2.60. The van der Waals surface area contributed by atoms with Crippen molar-refractivity contribution in [3.63, 3.8) is 0 Å². The van der Waals surface area contributed by atoms with Crippen LogP contribution in [0.4, 0.5) is 0 Å². The minimum atomic E-state index is -0.968. The predicted molar refractivity (Wildman–Crippen MR) is 79.2 cm³/mol. The van der Waals surface area contributed by atoms with Crippen LogP contribution in [-0.2, 0) is 13.1 Å². The molecule has 0 aliphatic carbocycles. The van der Waals surface area contributed by atoms with Crippen LogP contribution in [-0.4, -0.2) is 24.8 Å². The number of aromatic nitrogens is 3. The smallest absolute Gasteiger partial charge is 0.273 e. The summed E-state index contributed by atoms with van der Waals surface area (Å²) in [7, 11) is 0. The summed E-state index contributed by atoms with van der Waals surface area (Å²) in [5.74, 6) is 0. The molecule has 0 saturated carbocycles. The van der Waals surface area contributed by atoms with Gasteiger partial charge in [-0.15, -0.1) is 6.58 Å². The second-order valence-corrected chi connectivity index (χ2v) is 6.55. The number of hydrogen-bond acceptors (Lipinski definition) is 5. The first-order valence-corrected chi connectivity index (χ1v) is 6.98. The molecule has 2 aromatic rings. The molecule has 0 amide bonds. The Bertz CT molecular complexity index is 734. The fraction of sp³-hybridized carbons (Fsp3) is 0.417. The van der Waals surface area contributed by atoms with Gasteiger partial charge in [0, 0.05) is 6.54 Å². The molecule has 0 spiro atoms. The second-order valence-electron chi connectivity index (χ2n) is 4.91. The van der Waals surface area contributed by atoms with E-state index in [0.717, 1.165) is 0 Å². The monoisotopic (exact) mass is 297 g/mol. The summed E-state index contributed by atoms with van der Waals surface area (Å²) in [6, 6.07) is 0. The first-order chi connectivity index (χ1) is 8.83. The molecule has 5 nitrogen and oxygen atoms in total. The van der Waals surface area contributed by atoms with Gasteiger partial charge in [0.05, 0.1) is 12.1 Å². The van der Waals surface area contributed by atoms with Gasteiger partial charge in [-0.25, -0.2) is 4.98 Å². The quantitative estimate of drug-likeness (QED) is 0.692. The van der Waals surface area contributed by atoms with E-state index in [1.165, 1.54) is 22.2 Å². The first kappa shape index (κ1) is 14.1. The SMILES string of the molecule is C=CCn1c(=S)sc2c(=O)n(CC(C)(C)O)cnc21. The number of nitrogens with zero attached hydrogens (tertiary/aromatic N) is 3. The topological polar surface area (TPSA) is 60.0 Å². The van der Waals surface area contributed by atoms with Gasteiger partial charge in [0.2, 0.25) is 0 Å². The van der Waals surface area contributed by atoms with Crippen LogP contribution in [0.15, 0.2) is 23.8 Å². The molecule has 0 saturated heterocycles. The van der Waals surface area contributed by atoms with Gasteiger partial charge in [-0.2, -0.15) is 0 Å². The molecule has 0 atom stereocenters. The molecule has 2 rings (SSSR count). The number of allylic oxidation sites excluding steroid dienone is 1. The molecule has 102 valence electrons. The summed E-state index contributed by atoms with van der Waals surface area (Å²) in [4.78, 5) is 16.6. The summed E-state index contributed by atoms with van der Waals surface area (Å²) in [5.41, 5.74) is -0.567. The lowest BCUT2D eigenvalue weighted by Crippen LogP contribution is -2.32. The van der Waals surface area contributed by atoms with Crippen molar-refractivity contribution in [2.24, 2.45) is 0 Å². The highest BCUT2D eigenvalue weighted by Gasteiger charge is 2.17. The second kappa shape index (κ2) is 4.99. The maximum Gasteiger partial charge on any atom is 0.273 e. The Morgan fingerprint density at radius 3 is 2.89 bits per heavy atom. The van der Waals surface area contributed by atoms with Crippen molar-refractivity contribution < 1.29 is 5.11 Å². The van der Waals surface area contributed by atoms with E-state index in [-0.39, 0.29) is 12.1 Å². The van der Waals surface area contributed by atoms with Crippen molar-refractivity contribution in [2.75, 3.05) is 0 Å². The molecule has 0 aromatic carbocycles. The van der Waals surface area contributed by atoms with Gasteiger partial charge in [0.1, 0.15) is 11.0 Å². The molecule has 0 unspecified atom stereocenters. The van der Waals surface area contributed by atoms with E-state index in [0.29, 0.717) is 20.8 Å². The van der Waals surface area contributed by atoms with Crippen molar-refractivity contribution in [3.8, 4) is 0 Å². The van der Waals surface area contributed by atoms with E-state index >= 15 is 0 Å². The lowest BCUT2D eigenvalue weighted by molar-refractivity contribution is 0.0603. The van der Waals surface area contributed by atoms with E-state index in [4.69, 9.17) is 12.2 Å². The molecule has 7 heteroatoms. The minimum Gasteiger partial charge on any atom is -0.389 e. The van der Waals surface area contributed by atoms with Crippen molar-refractivity contribution >= 4 is 33.9 Å². The first-order valence-electron chi connectivity index (χ1n) is 5.75. The highest BCUT2D eigenvalue weighted by atomic mass is 32.1. The molecule has 0 fully saturated rings. The number of fused-ring (bicyclic) bond motifs is 1. The Morgan fingerprint density at radius 2 is 2.32 bits per heavy atom. The largest absolute Gasteiger partial charge is 0.389 e. The Kier molecular flexibility index (Phi) is 3.71. The molecule has 1 N–H and O–H groups in total. The zero-order chi connectivity index (χ0) is 14.2. The van der Waals surface area contributed by atoms with Crippen LogP contribution in [0.25, 0.3) is 10.3 Å².